The number of rotatable bonds is 6. The maximum absolute atomic E-state index is 12.5. The summed E-state index contributed by atoms with van der Waals surface area (Å²) in [5.41, 5.74) is 0. The largest absolute Gasteiger partial charge is 0.438 e. The van der Waals surface area contributed by atoms with Crippen molar-refractivity contribution in [3.05, 3.63) is 34.5 Å². The number of ether oxygens (including phenoxy) is 1. The number of aromatic nitrogens is 1. The fraction of sp³-hybridized carbons (Fsp3) is 0.231. The van der Waals surface area contributed by atoms with Crippen LogP contribution < -0.4 is 9.64 Å². The van der Waals surface area contributed by atoms with Gasteiger partial charge in [0.15, 0.2) is 0 Å². The molecule has 2 aromatic heterocycles. The van der Waals surface area contributed by atoms with Gasteiger partial charge in [0.25, 0.3) is 0 Å². The van der Waals surface area contributed by atoms with Crippen LogP contribution in [0.25, 0.3) is 0 Å². The topological polar surface area (TPSA) is 42.4 Å². The lowest BCUT2D eigenvalue weighted by atomic mass is 10.4. The Morgan fingerprint density at radius 1 is 1.36 bits per heavy atom. The standard InChI is InChI=1S/C13H10F4N2O2S/c14-4-5-19(8-20)11-2-1-3-12(18-11)21-9-6-10(22-7-9)13(15,16)17/h1-3,6-8H,4-5H2. The summed E-state index contributed by atoms with van der Waals surface area (Å²) in [4.78, 5) is 15.0. The third-order valence-electron chi connectivity index (χ3n) is 2.53. The Bertz CT molecular complexity index is 645. The molecule has 0 aliphatic heterocycles. The molecule has 0 unspecified atom stereocenters. The minimum Gasteiger partial charge on any atom is -0.438 e. The van der Waals surface area contributed by atoms with Crippen LogP contribution in [0.4, 0.5) is 23.4 Å². The first-order valence-corrected chi connectivity index (χ1v) is 6.90. The van der Waals surface area contributed by atoms with Crippen molar-refractivity contribution < 1.29 is 27.1 Å². The average molecular weight is 334 g/mol. The Morgan fingerprint density at radius 3 is 2.73 bits per heavy atom. The molecule has 0 aliphatic carbocycles. The SMILES string of the molecule is O=CN(CCF)c1cccc(Oc2csc(C(F)(F)F)c2)n1. The highest BCUT2D eigenvalue weighted by Gasteiger charge is 2.32. The Hall–Kier alpha value is -2.16. The summed E-state index contributed by atoms with van der Waals surface area (Å²) in [6.07, 6.45) is -4.02. The Kier molecular flexibility index (Phi) is 4.96. The third kappa shape index (κ3) is 3.94. The molecule has 22 heavy (non-hydrogen) atoms. The van der Waals surface area contributed by atoms with E-state index in [1.165, 1.54) is 23.6 Å². The van der Waals surface area contributed by atoms with Crippen LogP contribution in [-0.2, 0) is 11.0 Å². The Balaban J connectivity index is 2.16. The monoisotopic (exact) mass is 334 g/mol. The van der Waals surface area contributed by atoms with Crippen LogP contribution in [0, 0.1) is 0 Å². The number of halogens is 4. The summed E-state index contributed by atoms with van der Waals surface area (Å²) in [7, 11) is 0. The quantitative estimate of drug-likeness (QED) is 0.595. The van der Waals surface area contributed by atoms with Crippen LogP contribution in [0.1, 0.15) is 4.88 Å². The van der Waals surface area contributed by atoms with Crippen LogP contribution in [0.5, 0.6) is 11.6 Å². The van der Waals surface area contributed by atoms with E-state index in [4.69, 9.17) is 4.74 Å². The van der Waals surface area contributed by atoms with E-state index in [1.807, 2.05) is 0 Å². The van der Waals surface area contributed by atoms with Crippen molar-refractivity contribution in [1.29, 1.82) is 0 Å². The van der Waals surface area contributed by atoms with Gasteiger partial charge in [-0.3, -0.25) is 9.69 Å². The summed E-state index contributed by atoms with van der Waals surface area (Å²) in [5.74, 6) is 0.149. The molecule has 1 amide bonds. The van der Waals surface area contributed by atoms with Gasteiger partial charge in [-0.25, -0.2) is 4.39 Å². The van der Waals surface area contributed by atoms with E-state index in [1.54, 1.807) is 0 Å². The molecule has 0 spiro atoms. The first kappa shape index (κ1) is 16.2. The number of nitrogens with zero attached hydrogens (tertiary/aromatic N) is 2. The molecule has 2 aromatic rings. The van der Waals surface area contributed by atoms with Gasteiger partial charge in [-0.05, 0) is 6.07 Å². The van der Waals surface area contributed by atoms with E-state index < -0.39 is 17.7 Å². The lowest BCUT2D eigenvalue weighted by Gasteiger charge is -2.14. The number of carbonyl (C=O) groups excluding carboxylic acids is 1. The number of alkyl halides is 4. The smallest absolute Gasteiger partial charge is 0.425 e. The maximum atomic E-state index is 12.5. The van der Waals surface area contributed by atoms with E-state index in [0.717, 1.165) is 11.0 Å². The minimum atomic E-state index is -4.43. The van der Waals surface area contributed by atoms with Gasteiger partial charge in [0.2, 0.25) is 12.3 Å². The second-order valence-corrected chi connectivity index (χ2v) is 4.98. The summed E-state index contributed by atoms with van der Waals surface area (Å²) < 4.78 is 55.0. The molecule has 0 radical (unpaired) electrons. The van der Waals surface area contributed by atoms with E-state index in [-0.39, 0.29) is 24.0 Å². The van der Waals surface area contributed by atoms with Crippen LogP contribution in [0.3, 0.4) is 0 Å². The second kappa shape index (κ2) is 6.73. The zero-order valence-corrected chi connectivity index (χ0v) is 11.8. The van der Waals surface area contributed by atoms with Crippen molar-refractivity contribution in [2.24, 2.45) is 0 Å². The number of hydrogen-bond donors (Lipinski definition) is 0. The minimum absolute atomic E-state index is 0.00901. The van der Waals surface area contributed by atoms with Gasteiger partial charge in [-0.2, -0.15) is 18.2 Å². The number of hydrogen-bond acceptors (Lipinski definition) is 4. The van der Waals surface area contributed by atoms with Crippen LogP contribution in [0.2, 0.25) is 0 Å². The number of carbonyl (C=O) groups is 1. The fourth-order valence-electron chi connectivity index (χ4n) is 1.57. The van der Waals surface area contributed by atoms with Crippen molar-refractivity contribution in [3.63, 3.8) is 0 Å². The Morgan fingerprint density at radius 2 is 2.14 bits per heavy atom. The molecule has 118 valence electrons. The number of amides is 1. The van der Waals surface area contributed by atoms with Gasteiger partial charge in [-0.1, -0.05) is 6.07 Å². The second-order valence-electron chi connectivity index (χ2n) is 4.07. The number of anilines is 1. The first-order valence-electron chi connectivity index (χ1n) is 6.02. The molecule has 2 rings (SSSR count). The molecule has 9 heteroatoms. The third-order valence-corrected chi connectivity index (χ3v) is 3.49. The van der Waals surface area contributed by atoms with Crippen LogP contribution in [0.15, 0.2) is 29.6 Å². The molecule has 0 saturated heterocycles. The maximum Gasteiger partial charge on any atom is 0.425 e. The van der Waals surface area contributed by atoms with Gasteiger partial charge in [0, 0.05) is 17.5 Å². The summed E-state index contributed by atoms with van der Waals surface area (Å²) in [6.45, 7) is -0.915. The zero-order valence-electron chi connectivity index (χ0n) is 11.0. The molecule has 4 nitrogen and oxygen atoms in total. The van der Waals surface area contributed by atoms with Gasteiger partial charge in [0.1, 0.15) is 23.1 Å². The van der Waals surface area contributed by atoms with Gasteiger partial charge < -0.3 is 4.74 Å². The number of pyridine rings is 1. The first-order chi connectivity index (χ1) is 10.4. The molecule has 0 aliphatic rings. The summed E-state index contributed by atoms with van der Waals surface area (Å²) >= 11 is 0.505. The zero-order chi connectivity index (χ0) is 16.2. The molecule has 0 saturated carbocycles. The molecular weight excluding hydrogens is 324 g/mol. The lowest BCUT2D eigenvalue weighted by Crippen LogP contribution is -2.24. The van der Waals surface area contributed by atoms with Gasteiger partial charge in [-0.15, -0.1) is 11.3 Å². The van der Waals surface area contributed by atoms with Crippen molar-refractivity contribution in [2.45, 2.75) is 6.18 Å². The average Bonchev–Trinajstić information content (AvgIpc) is 2.93. The van der Waals surface area contributed by atoms with E-state index in [2.05, 4.69) is 4.98 Å². The normalized spacial score (nSPS) is 11.3. The molecule has 0 aromatic carbocycles. The van der Waals surface area contributed by atoms with E-state index in [9.17, 15) is 22.4 Å². The highest BCUT2D eigenvalue weighted by molar-refractivity contribution is 7.10. The van der Waals surface area contributed by atoms with Crippen LogP contribution >= 0.6 is 11.3 Å². The predicted molar refractivity (Wildman–Crippen MR) is 73.0 cm³/mol. The molecule has 2 heterocycles. The number of thiophene rings is 1. The molecule has 0 bridgehead atoms. The highest BCUT2D eigenvalue weighted by atomic mass is 32.1. The molecular formula is C13H10F4N2O2S. The molecule has 0 atom stereocenters. The predicted octanol–water partition coefficient (Wildman–Crippen LogP) is 3.89. The van der Waals surface area contributed by atoms with Crippen molar-refractivity contribution >= 4 is 23.6 Å². The molecule has 0 N–H and O–H groups in total. The summed E-state index contributed by atoms with van der Waals surface area (Å²) in [5, 5.41) is 1.20. The van der Waals surface area contributed by atoms with Crippen LogP contribution in [-0.4, -0.2) is 24.6 Å². The van der Waals surface area contributed by atoms with Crippen molar-refractivity contribution in [2.75, 3.05) is 18.1 Å². The Labute approximate surface area is 127 Å². The molecule has 0 fully saturated rings. The lowest BCUT2D eigenvalue weighted by molar-refractivity contribution is -0.134. The van der Waals surface area contributed by atoms with E-state index in [0.29, 0.717) is 17.7 Å². The van der Waals surface area contributed by atoms with Crippen molar-refractivity contribution in [3.8, 4) is 11.6 Å². The van der Waals surface area contributed by atoms with Gasteiger partial charge in [0.05, 0.1) is 6.54 Å². The summed E-state index contributed by atoms with van der Waals surface area (Å²) in [6, 6.07) is 5.25. The van der Waals surface area contributed by atoms with Gasteiger partial charge >= 0.3 is 6.18 Å². The fourth-order valence-corrected chi connectivity index (χ4v) is 2.25. The van der Waals surface area contributed by atoms with E-state index >= 15 is 0 Å². The highest BCUT2D eigenvalue weighted by Crippen LogP contribution is 2.37. The van der Waals surface area contributed by atoms with Crippen molar-refractivity contribution in [1.82, 2.24) is 4.98 Å².